The predicted octanol–water partition coefficient (Wildman–Crippen LogP) is 0.977. The van der Waals surface area contributed by atoms with Crippen LogP contribution in [0.15, 0.2) is 41.4 Å². The van der Waals surface area contributed by atoms with Crippen molar-refractivity contribution < 1.29 is 13.2 Å². The lowest BCUT2D eigenvalue weighted by molar-refractivity contribution is -0.122. The van der Waals surface area contributed by atoms with Gasteiger partial charge in [-0.15, -0.1) is 0 Å². The SMILES string of the molecule is C[C@@H]1CN(S(=O)(=O)c2cccc3cccnc23)C[C@H]1C(N)=O. The summed E-state index contributed by atoms with van der Waals surface area (Å²) in [6, 6.07) is 8.65. The molecule has 2 heterocycles. The van der Waals surface area contributed by atoms with Crippen LogP contribution in [0.2, 0.25) is 0 Å². The molecule has 1 aliphatic rings. The number of amides is 1. The maximum atomic E-state index is 12.9. The van der Waals surface area contributed by atoms with Gasteiger partial charge in [0.15, 0.2) is 0 Å². The zero-order chi connectivity index (χ0) is 15.9. The average Bonchev–Trinajstić information content (AvgIpc) is 2.89. The van der Waals surface area contributed by atoms with Crippen LogP contribution < -0.4 is 5.73 Å². The monoisotopic (exact) mass is 319 g/mol. The minimum Gasteiger partial charge on any atom is -0.369 e. The first-order chi connectivity index (χ1) is 10.4. The molecule has 1 saturated heterocycles. The minimum absolute atomic E-state index is 0.0878. The molecule has 1 fully saturated rings. The number of benzene rings is 1. The standard InChI is InChI=1S/C15H17N3O3S/c1-10-8-18(9-12(10)15(16)19)22(20,21)13-6-2-4-11-5-3-7-17-14(11)13/h2-7,10,12H,8-9H2,1H3,(H2,16,19)/t10-,12-/m1/s1. The fourth-order valence-electron chi connectivity index (χ4n) is 2.91. The normalized spacial score (nSPS) is 23.0. The highest BCUT2D eigenvalue weighted by molar-refractivity contribution is 7.89. The molecule has 2 atom stereocenters. The number of aromatic nitrogens is 1. The number of sulfonamides is 1. The molecule has 1 aliphatic heterocycles. The van der Waals surface area contributed by atoms with Crippen molar-refractivity contribution in [3.63, 3.8) is 0 Å². The molecule has 0 unspecified atom stereocenters. The molecule has 1 aromatic heterocycles. The largest absolute Gasteiger partial charge is 0.369 e. The third-order valence-corrected chi connectivity index (χ3v) is 6.02. The maximum absolute atomic E-state index is 12.9. The second kappa shape index (κ2) is 5.33. The zero-order valence-corrected chi connectivity index (χ0v) is 13.0. The van der Waals surface area contributed by atoms with Gasteiger partial charge in [-0.3, -0.25) is 9.78 Å². The van der Waals surface area contributed by atoms with E-state index in [-0.39, 0.29) is 17.4 Å². The Kier molecular flexibility index (Phi) is 3.62. The van der Waals surface area contributed by atoms with Crippen LogP contribution in [0, 0.1) is 11.8 Å². The average molecular weight is 319 g/mol. The molecule has 2 N–H and O–H groups in total. The lowest BCUT2D eigenvalue weighted by atomic mass is 9.98. The molecule has 7 heteroatoms. The van der Waals surface area contributed by atoms with Gasteiger partial charge in [-0.1, -0.05) is 25.1 Å². The van der Waals surface area contributed by atoms with Crippen molar-refractivity contribution in [2.24, 2.45) is 17.6 Å². The Labute approximate surface area is 129 Å². The van der Waals surface area contributed by atoms with Gasteiger partial charge in [0.05, 0.1) is 11.4 Å². The molecule has 22 heavy (non-hydrogen) atoms. The van der Waals surface area contributed by atoms with Crippen molar-refractivity contribution in [3.8, 4) is 0 Å². The van der Waals surface area contributed by atoms with Crippen molar-refractivity contribution in [2.45, 2.75) is 11.8 Å². The van der Waals surface area contributed by atoms with Crippen LogP contribution in [0.3, 0.4) is 0 Å². The number of nitrogens with zero attached hydrogens (tertiary/aromatic N) is 2. The van der Waals surface area contributed by atoms with E-state index in [4.69, 9.17) is 5.73 Å². The van der Waals surface area contributed by atoms with Crippen molar-refractivity contribution in [1.82, 2.24) is 9.29 Å². The lowest BCUT2D eigenvalue weighted by Gasteiger charge is -2.17. The zero-order valence-electron chi connectivity index (χ0n) is 12.1. The molecule has 0 bridgehead atoms. The summed E-state index contributed by atoms with van der Waals surface area (Å²) in [4.78, 5) is 15.8. The van der Waals surface area contributed by atoms with Gasteiger partial charge >= 0.3 is 0 Å². The number of primary amides is 1. The van der Waals surface area contributed by atoms with Gasteiger partial charge in [-0.05, 0) is 18.1 Å². The molecule has 0 aliphatic carbocycles. The number of rotatable bonds is 3. The van der Waals surface area contributed by atoms with E-state index in [1.807, 2.05) is 19.1 Å². The van der Waals surface area contributed by atoms with E-state index in [0.29, 0.717) is 12.1 Å². The van der Waals surface area contributed by atoms with Crippen LogP contribution in [-0.4, -0.2) is 36.7 Å². The van der Waals surface area contributed by atoms with Crippen molar-refractivity contribution in [3.05, 3.63) is 36.5 Å². The molecule has 0 spiro atoms. The highest BCUT2D eigenvalue weighted by Crippen LogP contribution is 2.30. The fraction of sp³-hybridized carbons (Fsp3) is 0.333. The van der Waals surface area contributed by atoms with Crippen molar-refractivity contribution in [2.75, 3.05) is 13.1 Å². The number of hydrogen-bond acceptors (Lipinski definition) is 4. The van der Waals surface area contributed by atoms with Gasteiger partial charge in [0.1, 0.15) is 4.90 Å². The number of pyridine rings is 1. The minimum atomic E-state index is -3.70. The summed E-state index contributed by atoms with van der Waals surface area (Å²) < 4.78 is 27.1. The molecule has 6 nitrogen and oxygen atoms in total. The molecular formula is C15H17N3O3S. The maximum Gasteiger partial charge on any atom is 0.245 e. The fourth-order valence-corrected chi connectivity index (χ4v) is 4.64. The van der Waals surface area contributed by atoms with E-state index in [0.717, 1.165) is 5.39 Å². The summed E-state index contributed by atoms with van der Waals surface area (Å²) in [6.45, 7) is 2.26. The number of fused-ring (bicyclic) bond motifs is 1. The van der Waals surface area contributed by atoms with Crippen LogP contribution in [0.1, 0.15) is 6.92 Å². The number of carbonyl (C=O) groups excluding carboxylic acids is 1. The smallest absolute Gasteiger partial charge is 0.245 e. The lowest BCUT2D eigenvalue weighted by Crippen LogP contribution is -2.32. The Morgan fingerprint density at radius 1 is 1.27 bits per heavy atom. The Morgan fingerprint density at radius 2 is 2.00 bits per heavy atom. The molecule has 0 saturated carbocycles. The second-order valence-electron chi connectivity index (χ2n) is 5.64. The van der Waals surface area contributed by atoms with E-state index < -0.39 is 21.8 Å². The summed E-state index contributed by atoms with van der Waals surface area (Å²) in [5, 5.41) is 0.766. The summed E-state index contributed by atoms with van der Waals surface area (Å²) in [6.07, 6.45) is 1.57. The van der Waals surface area contributed by atoms with E-state index >= 15 is 0 Å². The third-order valence-electron chi connectivity index (χ3n) is 4.16. The number of hydrogen-bond donors (Lipinski definition) is 1. The van der Waals surface area contributed by atoms with Gasteiger partial charge in [-0.2, -0.15) is 4.31 Å². The Morgan fingerprint density at radius 3 is 2.68 bits per heavy atom. The summed E-state index contributed by atoms with van der Waals surface area (Å²) in [7, 11) is -3.70. The summed E-state index contributed by atoms with van der Waals surface area (Å²) in [5.41, 5.74) is 5.79. The highest BCUT2D eigenvalue weighted by Gasteiger charge is 2.40. The Bertz CT molecular complexity index is 830. The van der Waals surface area contributed by atoms with Gasteiger partial charge in [0, 0.05) is 24.7 Å². The molecule has 1 amide bonds. The first-order valence-corrected chi connectivity index (χ1v) is 8.48. The molecular weight excluding hydrogens is 302 g/mol. The summed E-state index contributed by atoms with van der Waals surface area (Å²) >= 11 is 0. The topological polar surface area (TPSA) is 93.4 Å². The first-order valence-electron chi connectivity index (χ1n) is 7.04. The quantitative estimate of drug-likeness (QED) is 0.912. The Balaban J connectivity index is 2.05. The second-order valence-corrected chi connectivity index (χ2v) is 7.55. The highest BCUT2D eigenvalue weighted by atomic mass is 32.2. The van der Waals surface area contributed by atoms with Gasteiger partial charge in [-0.25, -0.2) is 8.42 Å². The first kappa shape index (κ1) is 14.9. The van der Waals surface area contributed by atoms with Gasteiger partial charge in [0.2, 0.25) is 15.9 Å². The van der Waals surface area contributed by atoms with E-state index in [2.05, 4.69) is 4.98 Å². The molecule has 3 rings (SSSR count). The number of para-hydroxylation sites is 1. The van der Waals surface area contributed by atoms with Crippen molar-refractivity contribution in [1.29, 1.82) is 0 Å². The van der Waals surface area contributed by atoms with Crippen LogP contribution >= 0.6 is 0 Å². The predicted molar refractivity (Wildman–Crippen MR) is 82.4 cm³/mol. The van der Waals surface area contributed by atoms with Crippen LogP contribution in [0.5, 0.6) is 0 Å². The third kappa shape index (κ3) is 2.36. The summed E-state index contributed by atoms with van der Waals surface area (Å²) in [5.74, 6) is -0.992. The molecule has 116 valence electrons. The van der Waals surface area contributed by atoms with Crippen LogP contribution in [-0.2, 0) is 14.8 Å². The van der Waals surface area contributed by atoms with Gasteiger partial charge in [0.25, 0.3) is 0 Å². The van der Waals surface area contributed by atoms with E-state index in [1.165, 1.54) is 4.31 Å². The number of nitrogens with two attached hydrogens (primary N) is 1. The van der Waals surface area contributed by atoms with Crippen LogP contribution in [0.4, 0.5) is 0 Å². The molecule has 2 aromatic rings. The van der Waals surface area contributed by atoms with Crippen LogP contribution in [0.25, 0.3) is 10.9 Å². The van der Waals surface area contributed by atoms with E-state index in [1.54, 1.807) is 24.4 Å². The molecule has 0 radical (unpaired) electrons. The molecule has 1 aromatic carbocycles. The Hall–Kier alpha value is -1.99. The van der Waals surface area contributed by atoms with Crippen molar-refractivity contribution >= 4 is 26.8 Å². The number of carbonyl (C=O) groups is 1. The van der Waals surface area contributed by atoms with E-state index in [9.17, 15) is 13.2 Å². The van der Waals surface area contributed by atoms with Gasteiger partial charge < -0.3 is 5.73 Å².